The third-order valence-corrected chi connectivity index (χ3v) is 2.24. The first kappa shape index (κ1) is 11.3. The minimum absolute atomic E-state index is 0.445. The Morgan fingerprint density at radius 1 is 1.33 bits per heavy atom. The number of carbonyl (C=O) groups is 3. The summed E-state index contributed by atoms with van der Waals surface area (Å²) >= 11 is 0. The SMILES string of the molecule is NC(=O)OCC(=O)N1CCCC1C(N)=O. The van der Waals surface area contributed by atoms with E-state index < -0.39 is 30.6 Å². The lowest BCUT2D eigenvalue weighted by Crippen LogP contribution is -2.45. The van der Waals surface area contributed by atoms with E-state index in [2.05, 4.69) is 4.74 Å². The first-order valence-corrected chi connectivity index (χ1v) is 4.53. The van der Waals surface area contributed by atoms with Gasteiger partial charge in [-0.25, -0.2) is 4.79 Å². The molecule has 4 N–H and O–H groups in total. The predicted molar refractivity (Wildman–Crippen MR) is 49.5 cm³/mol. The van der Waals surface area contributed by atoms with Crippen molar-refractivity contribution in [3.8, 4) is 0 Å². The van der Waals surface area contributed by atoms with Crippen LogP contribution in [-0.2, 0) is 14.3 Å². The van der Waals surface area contributed by atoms with E-state index >= 15 is 0 Å². The Balaban J connectivity index is 2.51. The fraction of sp³-hybridized carbons (Fsp3) is 0.625. The maximum absolute atomic E-state index is 11.4. The first-order chi connectivity index (χ1) is 7.02. The van der Waals surface area contributed by atoms with Crippen molar-refractivity contribution >= 4 is 17.9 Å². The molecular weight excluding hydrogens is 202 g/mol. The van der Waals surface area contributed by atoms with Crippen LogP contribution in [0.4, 0.5) is 4.79 Å². The topological polar surface area (TPSA) is 116 Å². The van der Waals surface area contributed by atoms with Gasteiger partial charge in [0, 0.05) is 6.54 Å². The smallest absolute Gasteiger partial charge is 0.405 e. The second-order valence-corrected chi connectivity index (χ2v) is 3.26. The molecule has 1 unspecified atom stereocenters. The Hall–Kier alpha value is -1.79. The standard InChI is InChI=1S/C8H13N3O4/c9-7(13)5-2-1-3-11(5)6(12)4-15-8(10)14/h5H,1-4H2,(H2,9,13)(H2,10,14). The normalized spacial score (nSPS) is 20.0. The minimum Gasteiger partial charge on any atom is -0.440 e. The fourth-order valence-electron chi connectivity index (χ4n) is 1.58. The Morgan fingerprint density at radius 3 is 2.53 bits per heavy atom. The number of primary amides is 2. The Morgan fingerprint density at radius 2 is 2.00 bits per heavy atom. The largest absolute Gasteiger partial charge is 0.440 e. The molecular formula is C8H13N3O4. The van der Waals surface area contributed by atoms with Gasteiger partial charge in [-0.05, 0) is 12.8 Å². The van der Waals surface area contributed by atoms with Gasteiger partial charge in [0.2, 0.25) is 5.91 Å². The fourth-order valence-corrected chi connectivity index (χ4v) is 1.58. The van der Waals surface area contributed by atoms with Gasteiger partial charge < -0.3 is 21.1 Å². The number of hydrogen-bond acceptors (Lipinski definition) is 4. The molecule has 0 aromatic carbocycles. The molecule has 0 saturated carbocycles. The summed E-state index contributed by atoms with van der Waals surface area (Å²) < 4.78 is 4.34. The lowest BCUT2D eigenvalue weighted by molar-refractivity contribution is -0.139. The van der Waals surface area contributed by atoms with Crippen LogP contribution in [0, 0.1) is 0 Å². The first-order valence-electron chi connectivity index (χ1n) is 4.53. The number of hydrogen-bond donors (Lipinski definition) is 2. The van der Waals surface area contributed by atoms with E-state index in [9.17, 15) is 14.4 Å². The average Bonchev–Trinajstić information content (AvgIpc) is 2.62. The van der Waals surface area contributed by atoms with Crippen molar-refractivity contribution in [2.75, 3.05) is 13.2 Å². The van der Waals surface area contributed by atoms with E-state index in [1.54, 1.807) is 0 Å². The molecule has 15 heavy (non-hydrogen) atoms. The molecule has 1 rings (SSSR count). The maximum Gasteiger partial charge on any atom is 0.405 e. The minimum atomic E-state index is -1.02. The van der Waals surface area contributed by atoms with Crippen LogP contribution in [-0.4, -0.2) is 42.0 Å². The van der Waals surface area contributed by atoms with Gasteiger partial charge in [-0.3, -0.25) is 9.59 Å². The summed E-state index contributed by atoms with van der Waals surface area (Å²) in [7, 11) is 0. The van der Waals surface area contributed by atoms with Crippen molar-refractivity contribution in [3.63, 3.8) is 0 Å². The molecule has 0 aromatic rings. The van der Waals surface area contributed by atoms with Crippen LogP contribution in [0.1, 0.15) is 12.8 Å². The molecule has 1 aliphatic heterocycles. The summed E-state index contributed by atoms with van der Waals surface area (Å²) in [6, 6.07) is -0.589. The molecule has 0 spiro atoms. The number of carbonyl (C=O) groups excluding carboxylic acids is 3. The molecule has 84 valence electrons. The number of ether oxygens (including phenoxy) is 1. The molecule has 0 aromatic heterocycles. The van der Waals surface area contributed by atoms with Crippen molar-refractivity contribution in [1.82, 2.24) is 4.90 Å². The van der Waals surface area contributed by atoms with E-state index in [0.29, 0.717) is 13.0 Å². The van der Waals surface area contributed by atoms with Crippen molar-refractivity contribution in [3.05, 3.63) is 0 Å². The number of nitrogens with two attached hydrogens (primary N) is 2. The quantitative estimate of drug-likeness (QED) is 0.599. The summed E-state index contributed by atoms with van der Waals surface area (Å²) in [5.41, 5.74) is 9.83. The average molecular weight is 215 g/mol. The highest BCUT2D eigenvalue weighted by Crippen LogP contribution is 2.16. The zero-order valence-electron chi connectivity index (χ0n) is 8.14. The Labute approximate surface area is 86.3 Å². The van der Waals surface area contributed by atoms with E-state index in [4.69, 9.17) is 11.5 Å². The number of nitrogens with zero attached hydrogens (tertiary/aromatic N) is 1. The second kappa shape index (κ2) is 4.63. The van der Waals surface area contributed by atoms with Crippen molar-refractivity contribution in [2.24, 2.45) is 11.5 Å². The Kier molecular flexibility index (Phi) is 3.48. The van der Waals surface area contributed by atoms with Crippen molar-refractivity contribution < 1.29 is 19.1 Å². The zero-order chi connectivity index (χ0) is 11.4. The van der Waals surface area contributed by atoms with Crippen molar-refractivity contribution in [1.29, 1.82) is 0 Å². The predicted octanol–water partition coefficient (Wildman–Crippen LogP) is -1.44. The van der Waals surface area contributed by atoms with Gasteiger partial charge >= 0.3 is 6.09 Å². The van der Waals surface area contributed by atoms with Gasteiger partial charge in [-0.15, -0.1) is 0 Å². The van der Waals surface area contributed by atoms with Gasteiger partial charge in [-0.1, -0.05) is 0 Å². The lowest BCUT2D eigenvalue weighted by Gasteiger charge is -2.21. The summed E-state index contributed by atoms with van der Waals surface area (Å²) in [6.07, 6.45) is 0.256. The van der Waals surface area contributed by atoms with Crippen LogP contribution in [0.25, 0.3) is 0 Å². The molecule has 1 aliphatic rings. The molecule has 1 fully saturated rings. The van der Waals surface area contributed by atoms with E-state index in [1.165, 1.54) is 4.90 Å². The molecule has 1 heterocycles. The van der Waals surface area contributed by atoms with Gasteiger partial charge in [0.15, 0.2) is 6.61 Å². The third-order valence-electron chi connectivity index (χ3n) is 2.24. The Bertz CT molecular complexity index is 292. The molecule has 0 aliphatic carbocycles. The number of rotatable bonds is 3. The summed E-state index contributed by atoms with van der Waals surface area (Å²) in [5, 5.41) is 0. The highest BCUT2D eigenvalue weighted by atomic mass is 16.5. The number of amides is 3. The third kappa shape index (κ3) is 2.83. The van der Waals surface area contributed by atoms with Gasteiger partial charge in [0.25, 0.3) is 5.91 Å². The van der Waals surface area contributed by atoms with Crippen LogP contribution in [0.2, 0.25) is 0 Å². The molecule has 3 amide bonds. The summed E-state index contributed by atoms with van der Waals surface area (Å²) in [4.78, 5) is 34.0. The van der Waals surface area contributed by atoms with Crippen LogP contribution in [0.5, 0.6) is 0 Å². The van der Waals surface area contributed by atoms with Crippen LogP contribution < -0.4 is 11.5 Å². The van der Waals surface area contributed by atoms with Gasteiger partial charge in [0.05, 0.1) is 0 Å². The summed E-state index contributed by atoms with van der Waals surface area (Å²) in [6.45, 7) is 0.00761. The van der Waals surface area contributed by atoms with E-state index in [1.807, 2.05) is 0 Å². The monoisotopic (exact) mass is 215 g/mol. The zero-order valence-corrected chi connectivity index (χ0v) is 8.14. The van der Waals surface area contributed by atoms with E-state index in [-0.39, 0.29) is 0 Å². The van der Waals surface area contributed by atoms with Gasteiger partial charge in [0.1, 0.15) is 6.04 Å². The highest BCUT2D eigenvalue weighted by Gasteiger charge is 2.32. The molecule has 7 nitrogen and oxygen atoms in total. The van der Waals surface area contributed by atoms with Gasteiger partial charge in [-0.2, -0.15) is 0 Å². The molecule has 0 bridgehead atoms. The van der Waals surface area contributed by atoms with Crippen LogP contribution >= 0.6 is 0 Å². The molecule has 0 radical (unpaired) electrons. The summed E-state index contributed by atoms with van der Waals surface area (Å²) in [5.74, 6) is -0.991. The molecule has 7 heteroatoms. The second-order valence-electron chi connectivity index (χ2n) is 3.26. The van der Waals surface area contributed by atoms with Crippen molar-refractivity contribution in [2.45, 2.75) is 18.9 Å². The van der Waals surface area contributed by atoms with E-state index in [0.717, 1.165) is 6.42 Å². The lowest BCUT2D eigenvalue weighted by atomic mass is 10.2. The van der Waals surface area contributed by atoms with Crippen LogP contribution in [0.15, 0.2) is 0 Å². The maximum atomic E-state index is 11.4. The number of likely N-dealkylation sites (tertiary alicyclic amines) is 1. The molecule has 1 saturated heterocycles. The van der Waals surface area contributed by atoms with Crippen LogP contribution in [0.3, 0.4) is 0 Å². The molecule has 1 atom stereocenters. The highest BCUT2D eigenvalue weighted by molar-refractivity contribution is 5.88.